The molecule has 3 N–H and O–H groups in total. The van der Waals surface area contributed by atoms with E-state index in [4.69, 9.17) is 15.2 Å². The molecule has 2 atom stereocenters. The predicted molar refractivity (Wildman–Crippen MR) is 118 cm³/mol. The van der Waals surface area contributed by atoms with E-state index in [1.165, 1.54) is 5.69 Å². The first-order valence-corrected chi connectivity index (χ1v) is 10.6. The van der Waals surface area contributed by atoms with Crippen molar-refractivity contribution in [3.05, 3.63) is 65.9 Å². The summed E-state index contributed by atoms with van der Waals surface area (Å²) in [5.41, 5.74) is 9.01. The molecule has 2 aromatic carbocycles. The van der Waals surface area contributed by atoms with Gasteiger partial charge in [-0.15, -0.1) is 0 Å². The number of nitrogens with two attached hydrogens (primary N) is 1. The highest BCUT2D eigenvalue weighted by Crippen LogP contribution is 2.33. The maximum atomic E-state index is 11.2. The maximum Gasteiger partial charge on any atom is 0.134 e. The zero-order valence-electron chi connectivity index (χ0n) is 17.1. The molecular weight excluding hydrogens is 378 g/mol. The molecule has 6 nitrogen and oxygen atoms in total. The van der Waals surface area contributed by atoms with Crippen LogP contribution in [0.25, 0.3) is 0 Å². The SMILES string of the molecule is NCc1ccc(N2CCNCC2CCCOc2ccc3c(c2)OC=CC3C=O)cc1. The molecule has 0 spiro atoms. The Kier molecular flexibility index (Phi) is 6.67. The van der Waals surface area contributed by atoms with Crippen molar-refractivity contribution < 1.29 is 14.3 Å². The van der Waals surface area contributed by atoms with Gasteiger partial charge in [-0.25, -0.2) is 0 Å². The minimum absolute atomic E-state index is 0.244. The van der Waals surface area contributed by atoms with E-state index in [1.54, 1.807) is 12.3 Å². The summed E-state index contributed by atoms with van der Waals surface area (Å²) in [6, 6.07) is 14.7. The molecule has 0 aliphatic carbocycles. The van der Waals surface area contributed by atoms with Crippen LogP contribution in [0, 0.1) is 0 Å². The van der Waals surface area contributed by atoms with Crippen LogP contribution in [0.1, 0.15) is 29.9 Å². The Labute approximate surface area is 177 Å². The van der Waals surface area contributed by atoms with Gasteiger partial charge in [0.2, 0.25) is 0 Å². The van der Waals surface area contributed by atoms with Gasteiger partial charge in [-0.05, 0) is 42.7 Å². The molecule has 0 amide bonds. The zero-order valence-corrected chi connectivity index (χ0v) is 17.1. The lowest BCUT2D eigenvalue weighted by Gasteiger charge is -2.38. The number of fused-ring (bicyclic) bond motifs is 1. The summed E-state index contributed by atoms with van der Waals surface area (Å²) in [7, 11) is 0. The standard InChI is InChI=1S/C24H29N3O3/c25-15-18-3-5-20(6-4-18)27-11-10-26-16-21(27)2-1-12-29-22-7-8-23-19(17-28)9-13-30-24(23)14-22/h3-9,13-14,17,19,21,26H,1-2,10-12,15-16,25H2. The third kappa shape index (κ3) is 4.66. The Hall–Kier alpha value is -2.83. The monoisotopic (exact) mass is 407 g/mol. The smallest absolute Gasteiger partial charge is 0.134 e. The summed E-state index contributed by atoms with van der Waals surface area (Å²) < 4.78 is 11.5. The summed E-state index contributed by atoms with van der Waals surface area (Å²) in [6.45, 7) is 4.19. The molecule has 2 unspecified atom stereocenters. The Morgan fingerprint density at radius 3 is 2.90 bits per heavy atom. The first-order chi connectivity index (χ1) is 14.8. The van der Waals surface area contributed by atoms with Crippen molar-refractivity contribution in [3.63, 3.8) is 0 Å². The minimum Gasteiger partial charge on any atom is -0.493 e. The first kappa shape index (κ1) is 20.4. The highest BCUT2D eigenvalue weighted by atomic mass is 16.5. The van der Waals surface area contributed by atoms with Gasteiger partial charge < -0.3 is 30.2 Å². The lowest BCUT2D eigenvalue weighted by molar-refractivity contribution is -0.108. The third-order valence-electron chi connectivity index (χ3n) is 5.78. The minimum atomic E-state index is -0.244. The Morgan fingerprint density at radius 2 is 2.10 bits per heavy atom. The fraction of sp³-hybridized carbons (Fsp3) is 0.375. The Morgan fingerprint density at radius 1 is 1.23 bits per heavy atom. The zero-order chi connectivity index (χ0) is 20.8. The maximum absolute atomic E-state index is 11.2. The summed E-state index contributed by atoms with van der Waals surface area (Å²) in [5.74, 6) is 1.21. The molecule has 158 valence electrons. The van der Waals surface area contributed by atoms with Crippen molar-refractivity contribution in [2.75, 3.05) is 31.1 Å². The van der Waals surface area contributed by atoms with Gasteiger partial charge in [-0.1, -0.05) is 18.2 Å². The fourth-order valence-corrected chi connectivity index (χ4v) is 4.09. The van der Waals surface area contributed by atoms with Gasteiger partial charge >= 0.3 is 0 Å². The van der Waals surface area contributed by atoms with Crippen LogP contribution in [0.15, 0.2) is 54.8 Å². The van der Waals surface area contributed by atoms with Crippen molar-refractivity contribution in [2.45, 2.75) is 31.3 Å². The van der Waals surface area contributed by atoms with Crippen LogP contribution < -0.4 is 25.4 Å². The number of carbonyl (C=O) groups excluding carboxylic acids is 1. The molecule has 6 heteroatoms. The number of aldehydes is 1. The van der Waals surface area contributed by atoms with Crippen LogP contribution in [-0.2, 0) is 11.3 Å². The highest BCUT2D eigenvalue weighted by molar-refractivity contribution is 5.69. The summed E-state index contributed by atoms with van der Waals surface area (Å²) in [5, 5.41) is 3.51. The highest BCUT2D eigenvalue weighted by Gasteiger charge is 2.22. The number of rotatable bonds is 8. The number of nitrogens with zero attached hydrogens (tertiary/aromatic N) is 1. The van der Waals surface area contributed by atoms with Crippen molar-refractivity contribution in [1.82, 2.24) is 5.32 Å². The molecular formula is C24H29N3O3. The van der Waals surface area contributed by atoms with E-state index in [-0.39, 0.29) is 5.92 Å². The third-order valence-corrected chi connectivity index (χ3v) is 5.78. The lowest BCUT2D eigenvalue weighted by Crippen LogP contribution is -2.51. The number of ether oxygens (including phenoxy) is 2. The van der Waals surface area contributed by atoms with Gasteiger partial charge in [-0.2, -0.15) is 0 Å². The van der Waals surface area contributed by atoms with E-state index in [1.807, 2.05) is 18.2 Å². The van der Waals surface area contributed by atoms with Gasteiger partial charge in [0.25, 0.3) is 0 Å². The molecule has 2 aliphatic rings. The first-order valence-electron chi connectivity index (χ1n) is 10.6. The van der Waals surface area contributed by atoms with Crippen molar-refractivity contribution in [3.8, 4) is 11.5 Å². The normalized spacial score (nSPS) is 20.4. The van der Waals surface area contributed by atoms with Crippen LogP contribution in [0.3, 0.4) is 0 Å². The van der Waals surface area contributed by atoms with E-state index in [0.717, 1.165) is 55.6 Å². The molecule has 1 saturated heterocycles. The van der Waals surface area contributed by atoms with Crippen LogP contribution in [0.5, 0.6) is 11.5 Å². The molecule has 2 heterocycles. The average Bonchev–Trinajstić information content (AvgIpc) is 2.81. The number of allylic oxidation sites excluding steroid dienone is 1. The second-order valence-corrected chi connectivity index (χ2v) is 7.72. The van der Waals surface area contributed by atoms with Crippen molar-refractivity contribution >= 4 is 12.0 Å². The molecule has 30 heavy (non-hydrogen) atoms. The number of carbonyl (C=O) groups is 1. The molecule has 0 aromatic heterocycles. The van der Waals surface area contributed by atoms with E-state index >= 15 is 0 Å². The number of hydrogen-bond donors (Lipinski definition) is 2. The summed E-state index contributed by atoms with van der Waals surface area (Å²) >= 11 is 0. The molecule has 0 saturated carbocycles. The topological polar surface area (TPSA) is 76.8 Å². The fourth-order valence-electron chi connectivity index (χ4n) is 4.09. The molecule has 0 bridgehead atoms. The number of anilines is 1. The number of nitrogens with one attached hydrogen (secondary N) is 1. The molecule has 2 aliphatic heterocycles. The summed E-state index contributed by atoms with van der Waals surface area (Å²) in [6.07, 6.45) is 6.24. The van der Waals surface area contributed by atoms with Crippen molar-refractivity contribution in [2.24, 2.45) is 5.73 Å². The Balaban J connectivity index is 1.30. The molecule has 0 radical (unpaired) electrons. The van der Waals surface area contributed by atoms with Crippen LogP contribution in [0.2, 0.25) is 0 Å². The molecule has 2 aromatic rings. The predicted octanol–water partition coefficient (Wildman–Crippen LogP) is 2.97. The average molecular weight is 408 g/mol. The van der Waals surface area contributed by atoms with E-state index in [2.05, 4.69) is 34.5 Å². The lowest BCUT2D eigenvalue weighted by atomic mass is 9.98. The van der Waals surface area contributed by atoms with Crippen LogP contribution in [-0.4, -0.2) is 38.6 Å². The number of benzene rings is 2. The van der Waals surface area contributed by atoms with E-state index in [0.29, 0.717) is 24.9 Å². The number of piperazine rings is 1. The van der Waals surface area contributed by atoms with E-state index < -0.39 is 0 Å². The Bertz CT molecular complexity index is 882. The van der Waals surface area contributed by atoms with Crippen LogP contribution in [0.4, 0.5) is 5.69 Å². The van der Waals surface area contributed by atoms with Gasteiger partial charge in [-0.3, -0.25) is 0 Å². The summed E-state index contributed by atoms with van der Waals surface area (Å²) in [4.78, 5) is 13.7. The second-order valence-electron chi connectivity index (χ2n) is 7.72. The van der Waals surface area contributed by atoms with Crippen LogP contribution >= 0.6 is 0 Å². The van der Waals surface area contributed by atoms with Gasteiger partial charge in [0.15, 0.2) is 0 Å². The molecule has 1 fully saturated rings. The van der Waals surface area contributed by atoms with Gasteiger partial charge in [0.1, 0.15) is 17.8 Å². The van der Waals surface area contributed by atoms with E-state index in [9.17, 15) is 4.79 Å². The quantitative estimate of drug-likeness (QED) is 0.518. The van der Waals surface area contributed by atoms with Gasteiger partial charge in [0.05, 0.1) is 18.8 Å². The number of hydrogen-bond acceptors (Lipinski definition) is 6. The second kappa shape index (κ2) is 9.78. The van der Waals surface area contributed by atoms with Gasteiger partial charge in [0, 0.05) is 49.5 Å². The molecule has 4 rings (SSSR count). The van der Waals surface area contributed by atoms with Crippen molar-refractivity contribution in [1.29, 1.82) is 0 Å². The largest absolute Gasteiger partial charge is 0.493 e.